The maximum Gasteiger partial charge on any atom is 0.254 e. The molecule has 174 valence electrons. The van der Waals surface area contributed by atoms with Gasteiger partial charge in [-0.25, -0.2) is 4.98 Å². The van der Waals surface area contributed by atoms with E-state index in [1.807, 2.05) is 70.2 Å². The van der Waals surface area contributed by atoms with Crippen LogP contribution in [-0.2, 0) is 13.0 Å². The summed E-state index contributed by atoms with van der Waals surface area (Å²) in [5.41, 5.74) is 4.83. The number of hydrogen-bond donors (Lipinski definition) is 0. The normalized spacial score (nSPS) is 15.6. The molecule has 5 rings (SSSR count). The van der Waals surface area contributed by atoms with Crippen LogP contribution < -0.4 is 9.47 Å². The van der Waals surface area contributed by atoms with E-state index in [4.69, 9.17) is 9.47 Å². The van der Waals surface area contributed by atoms with Gasteiger partial charge >= 0.3 is 0 Å². The molecule has 1 saturated heterocycles. The summed E-state index contributed by atoms with van der Waals surface area (Å²) < 4.78 is 13.3. The molecule has 0 bridgehead atoms. The van der Waals surface area contributed by atoms with Gasteiger partial charge < -0.3 is 18.8 Å². The van der Waals surface area contributed by atoms with Gasteiger partial charge in [0.05, 0.1) is 12.8 Å². The highest BCUT2D eigenvalue weighted by molar-refractivity contribution is 5.94. The zero-order valence-corrected chi connectivity index (χ0v) is 19.6. The quantitative estimate of drug-likeness (QED) is 0.390. The first-order valence-corrected chi connectivity index (χ1v) is 11.7. The highest BCUT2D eigenvalue weighted by Gasteiger charge is 2.29. The fraction of sp³-hybridized carbons (Fsp3) is 0.286. The van der Waals surface area contributed by atoms with Crippen molar-refractivity contribution >= 4 is 11.6 Å². The van der Waals surface area contributed by atoms with E-state index in [0.717, 1.165) is 48.6 Å². The summed E-state index contributed by atoms with van der Waals surface area (Å²) in [5, 5.41) is 0. The summed E-state index contributed by atoms with van der Waals surface area (Å²) in [7, 11) is 1.68. The fourth-order valence-corrected chi connectivity index (χ4v) is 4.63. The number of methoxy groups -OCH3 is 1. The van der Waals surface area contributed by atoms with Gasteiger partial charge in [-0.2, -0.15) is 0 Å². The molecule has 0 saturated carbocycles. The number of fused-ring (bicyclic) bond motifs is 1. The van der Waals surface area contributed by atoms with Crippen LogP contribution in [0, 0.1) is 6.92 Å². The number of ether oxygens (including phenoxy) is 2. The number of benzene rings is 2. The van der Waals surface area contributed by atoms with Gasteiger partial charge in [-0.3, -0.25) is 4.79 Å². The number of imidazole rings is 1. The van der Waals surface area contributed by atoms with Crippen molar-refractivity contribution in [2.24, 2.45) is 0 Å². The number of pyridine rings is 1. The van der Waals surface area contributed by atoms with Gasteiger partial charge in [-0.15, -0.1) is 0 Å². The van der Waals surface area contributed by atoms with E-state index in [0.29, 0.717) is 12.2 Å². The largest absolute Gasteiger partial charge is 0.497 e. The number of hydrogen-bond acceptors (Lipinski definition) is 4. The predicted octanol–water partition coefficient (Wildman–Crippen LogP) is 5.08. The van der Waals surface area contributed by atoms with E-state index >= 15 is 0 Å². The number of aryl methyl sites for hydroxylation is 1. The number of amides is 1. The summed E-state index contributed by atoms with van der Waals surface area (Å²) in [6.07, 6.45) is 6.91. The van der Waals surface area contributed by atoms with Crippen molar-refractivity contribution in [1.82, 2.24) is 14.3 Å². The Morgan fingerprint density at radius 3 is 2.74 bits per heavy atom. The number of carbonyl (C=O) groups excluding carboxylic acids is 1. The Morgan fingerprint density at radius 2 is 1.91 bits per heavy atom. The van der Waals surface area contributed by atoms with E-state index in [2.05, 4.69) is 24.0 Å². The van der Waals surface area contributed by atoms with Gasteiger partial charge in [0.15, 0.2) is 0 Å². The van der Waals surface area contributed by atoms with E-state index < -0.39 is 0 Å². The van der Waals surface area contributed by atoms with Crippen LogP contribution in [0.1, 0.15) is 40.0 Å². The Hall–Kier alpha value is -3.80. The van der Waals surface area contributed by atoms with Crippen molar-refractivity contribution in [1.29, 1.82) is 0 Å². The van der Waals surface area contributed by atoms with Crippen LogP contribution in [0.5, 0.6) is 11.5 Å². The molecule has 1 atom stereocenters. The van der Waals surface area contributed by atoms with Crippen LogP contribution in [0.2, 0.25) is 0 Å². The van der Waals surface area contributed by atoms with E-state index in [1.54, 1.807) is 7.11 Å². The maximum atomic E-state index is 13.2. The van der Waals surface area contributed by atoms with Crippen LogP contribution in [0.3, 0.4) is 0 Å². The molecule has 0 N–H and O–H groups in total. The highest BCUT2D eigenvalue weighted by Crippen LogP contribution is 2.25. The lowest BCUT2D eigenvalue weighted by atomic mass is 10.0. The average molecular weight is 456 g/mol. The molecule has 1 fully saturated rings. The van der Waals surface area contributed by atoms with E-state index in [9.17, 15) is 4.79 Å². The van der Waals surface area contributed by atoms with Gasteiger partial charge in [0, 0.05) is 30.5 Å². The van der Waals surface area contributed by atoms with Crippen molar-refractivity contribution < 1.29 is 14.3 Å². The molecule has 1 unspecified atom stereocenters. The molecule has 0 radical (unpaired) electrons. The fourth-order valence-electron chi connectivity index (χ4n) is 4.63. The number of carbonyl (C=O) groups is 1. The van der Waals surface area contributed by atoms with Crippen molar-refractivity contribution in [2.45, 2.75) is 38.8 Å². The Balaban J connectivity index is 1.21. The molecule has 0 aliphatic carbocycles. The third-order valence-electron chi connectivity index (χ3n) is 6.38. The highest BCUT2D eigenvalue weighted by atomic mass is 16.5. The van der Waals surface area contributed by atoms with Crippen molar-refractivity contribution in [3.63, 3.8) is 0 Å². The van der Waals surface area contributed by atoms with Crippen LogP contribution >= 0.6 is 0 Å². The first-order valence-electron chi connectivity index (χ1n) is 11.7. The lowest BCUT2D eigenvalue weighted by molar-refractivity contribution is 0.0736. The average Bonchev–Trinajstić information content (AvgIpc) is 3.49. The first-order chi connectivity index (χ1) is 16.6. The maximum absolute atomic E-state index is 13.2. The smallest absolute Gasteiger partial charge is 0.254 e. The van der Waals surface area contributed by atoms with Crippen LogP contribution in [-0.4, -0.2) is 39.9 Å². The summed E-state index contributed by atoms with van der Waals surface area (Å²) >= 11 is 0. The summed E-state index contributed by atoms with van der Waals surface area (Å²) in [6, 6.07) is 19.8. The number of nitrogens with zero attached hydrogens (tertiary/aromatic N) is 3. The molecule has 34 heavy (non-hydrogen) atoms. The number of aromatic nitrogens is 2. The van der Waals surface area contributed by atoms with Crippen molar-refractivity contribution in [3.05, 3.63) is 95.4 Å². The van der Waals surface area contributed by atoms with Gasteiger partial charge in [-0.05, 0) is 79.8 Å². The second-order valence-corrected chi connectivity index (χ2v) is 8.87. The topological polar surface area (TPSA) is 56.1 Å². The standard InChI is InChI=1S/C28H29N3O3/c1-20-8-13-27-29-23(18-30(27)17-20)19-34-25-11-9-22(10-12-25)28(32)31-14-4-6-24(31)15-21-5-3-7-26(16-21)33-2/h3,5,7-13,16-18,24H,4,6,14-15,19H2,1-2H3. The minimum absolute atomic E-state index is 0.0765. The predicted molar refractivity (Wildman–Crippen MR) is 131 cm³/mol. The monoisotopic (exact) mass is 455 g/mol. The molecule has 6 heteroatoms. The summed E-state index contributed by atoms with van der Waals surface area (Å²) in [6.45, 7) is 3.23. The molecular formula is C28H29N3O3. The molecule has 6 nitrogen and oxygen atoms in total. The SMILES string of the molecule is COc1cccc(CC2CCCN2C(=O)c2ccc(OCc3cn4cc(C)ccc4n3)cc2)c1. The summed E-state index contributed by atoms with van der Waals surface area (Å²) in [5.74, 6) is 1.65. The zero-order chi connectivity index (χ0) is 23.5. The second-order valence-electron chi connectivity index (χ2n) is 8.87. The van der Waals surface area contributed by atoms with Gasteiger partial charge in [0.2, 0.25) is 0 Å². The Kier molecular flexibility index (Phi) is 6.21. The van der Waals surface area contributed by atoms with E-state index in [-0.39, 0.29) is 11.9 Å². The molecule has 1 aliphatic rings. The third kappa shape index (κ3) is 4.76. The lowest BCUT2D eigenvalue weighted by Crippen LogP contribution is -2.36. The summed E-state index contributed by atoms with van der Waals surface area (Å²) in [4.78, 5) is 19.8. The number of likely N-dealkylation sites (tertiary alicyclic amines) is 1. The Labute approximate surface area is 199 Å². The molecule has 1 amide bonds. The van der Waals surface area contributed by atoms with Crippen LogP contribution in [0.25, 0.3) is 5.65 Å². The van der Waals surface area contributed by atoms with E-state index in [1.165, 1.54) is 11.1 Å². The first kappa shape index (κ1) is 22.0. The minimum atomic E-state index is 0.0765. The van der Waals surface area contributed by atoms with Crippen molar-refractivity contribution in [3.8, 4) is 11.5 Å². The molecule has 4 aromatic rings. The Morgan fingerprint density at radius 1 is 1.06 bits per heavy atom. The Bertz CT molecular complexity index is 1300. The van der Waals surface area contributed by atoms with Gasteiger partial charge in [-0.1, -0.05) is 18.2 Å². The van der Waals surface area contributed by atoms with Crippen LogP contribution in [0.4, 0.5) is 0 Å². The second kappa shape index (κ2) is 9.59. The molecule has 3 heterocycles. The zero-order valence-electron chi connectivity index (χ0n) is 19.6. The lowest BCUT2D eigenvalue weighted by Gasteiger charge is -2.25. The molecular weight excluding hydrogens is 426 g/mol. The molecule has 2 aromatic heterocycles. The van der Waals surface area contributed by atoms with Crippen LogP contribution in [0.15, 0.2) is 73.1 Å². The third-order valence-corrected chi connectivity index (χ3v) is 6.38. The van der Waals surface area contributed by atoms with Gasteiger partial charge in [0.1, 0.15) is 23.8 Å². The minimum Gasteiger partial charge on any atom is -0.497 e. The number of rotatable bonds is 7. The van der Waals surface area contributed by atoms with Crippen molar-refractivity contribution in [2.75, 3.05) is 13.7 Å². The van der Waals surface area contributed by atoms with Gasteiger partial charge in [0.25, 0.3) is 5.91 Å². The molecule has 1 aliphatic heterocycles. The molecule has 2 aromatic carbocycles. The molecule has 0 spiro atoms.